The maximum Gasteiger partial charge on any atom is 0.262 e. The Balaban J connectivity index is 1.42. The van der Waals surface area contributed by atoms with Crippen LogP contribution < -0.4 is 10.6 Å². The largest absolute Gasteiger partial charge is 0.350 e. The highest BCUT2D eigenvalue weighted by atomic mass is 32.2. The minimum Gasteiger partial charge on any atom is -0.350 e. The van der Waals surface area contributed by atoms with Crippen LogP contribution >= 0.6 is 11.8 Å². The molecule has 1 aliphatic heterocycles. The van der Waals surface area contributed by atoms with E-state index in [9.17, 15) is 14.0 Å². The lowest BCUT2D eigenvalue weighted by molar-refractivity contribution is -0.112. The first-order valence-electron chi connectivity index (χ1n) is 10.4. The van der Waals surface area contributed by atoms with Crippen molar-refractivity contribution in [1.29, 1.82) is 0 Å². The summed E-state index contributed by atoms with van der Waals surface area (Å²) in [5.74, 6) is -0.882. The van der Waals surface area contributed by atoms with Crippen LogP contribution in [-0.4, -0.2) is 17.9 Å². The number of fused-ring (bicyclic) bond motifs is 1. The van der Waals surface area contributed by atoms with Gasteiger partial charge in [0.05, 0.1) is 10.6 Å². The molecular weight excluding hydrogens is 423 g/mol. The average molecular weight is 447 g/mol. The molecule has 32 heavy (non-hydrogen) atoms. The maximum absolute atomic E-state index is 13.9. The molecule has 3 aromatic rings. The molecule has 2 amide bonds. The Bertz CT molecular complexity index is 1180. The lowest BCUT2D eigenvalue weighted by Gasteiger charge is -2.20. The fourth-order valence-corrected chi connectivity index (χ4v) is 4.36. The molecule has 0 saturated heterocycles. The number of carbonyl (C=O) groups excluding carboxylic acids is 2. The topological polar surface area (TPSA) is 58.2 Å². The van der Waals surface area contributed by atoms with Crippen molar-refractivity contribution in [2.75, 3.05) is 5.32 Å². The molecule has 0 aromatic heterocycles. The number of anilines is 1. The summed E-state index contributed by atoms with van der Waals surface area (Å²) >= 11 is 1.26. The average Bonchev–Trinajstić information content (AvgIpc) is 2.80. The van der Waals surface area contributed by atoms with E-state index < -0.39 is 0 Å². The molecule has 1 aliphatic rings. The number of rotatable bonds is 6. The van der Waals surface area contributed by atoms with Crippen LogP contribution in [0.3, 0.4) is 0 Å². The number of hydrogen-bond donors (Lipinski definition) is 2. The highest BCUT2D eigenvalue weighted by molar-refractivity contribution is 8.04. The van der Waals surface area contributed by atoms with E-state index in [-0.39, 0.29) is 23.7 Å². The Morgan fingerprint density at radius 2 is 1.84 bits per heavy atom. The lowest BCUT2D eigenvalue weighted by atomic mass is 10.1. The lowest BCUT2D eigenvalue weighted by Crippen LogP contribution is -2.33. The zero-order valence-electron chi connectivity index (χ0n) is 17.6. The van der Waals surface area contributed by atoms with Gasteiger partial charge >= 0.3 is 0 Å². The number of nitrogens with one attached hydrogen (secondary N) is 2. The van der Waals surface area contributed by atoms with Gasteiger partial charge in [-0.15, -0.1) is 0 Å². The second-order valence-electron chi connectivity index (χ2n) is 7.70. The van der Waals surface area contributed by atoms with E-state index in [0.29, 0.717) is 21.7 Å². The molecule has 4 nitrogen and oxygen atoms in total. The van der Waals surface area contributed by atoms with Crippen molar-refractivity contribution in [2.45, 2.75) is 30.7 Å². The van der Waals surface area contributed by atoms with Crippen molar-refractivity contribution >= 4 is 35.3 Å². The van der Waals surface area contributed by atoms with Crippen LogP contribution in [0.25, 0.3) is 6.08 Å². The first-order valence-corrected chi connectivity index (χ1v) is 11.3. The SMILES string of the molecule is CC(CCc1ccccc1)NC(=O)c1ccc2c(c1)NC(=O)C(=Cc1ccccc1F)S2. The molecule has 6 heteroatoms. The Morgan fingerprint density at radius 1 is 1.09 bits per heavy atom. The molecular formula is C26H23FN2O2S. The summed E-state index contributed by atoms with van der Waals surface area (Å²) in [6, 6.07) is 21.7. The molecule has 0 fully saturated rings. The molecule has 162 valence electrons. The molecule has 0 bridgehead atoms. The summed E-state index contributed by atoms with van der Waals surface area (Å²) < 4.78 is 13.9. The summed E-state index contributed by atoms with van der Waals surface area (Å²) in [6.07, 6.45) is 3.25. The minimum absolute atomic E-state index is 0.0120. The van der Waals surface area contributed by atoms with Gasteiger partial charge in [0, 0.05) is 22.1 Å². The Morgan fingerprint density at radius 3 is 2.62 bits per heavy atom. The number of aryl methyl sites for hydroxylation is 1. The molecule has 0 spiro atoms. The molecule has 1 heterocycles. The van der Waals surface area contributed by atoms with Gasteiger partial charge in [0.1, 0.15) is 5.82 Å². The van der Waals surface area contributed by atoms with Gasteiger partial charge in [-0.2, -0.15) is 0 Å². The van der Waals surface area contributed by atoms with Gasteiger partial charge in [-0.1, -0.05) is 60.3 Å². The minimum atomic E-state index is -0.382. The van der Waals surface area contributed by atoms with Gasteiger partial charge in [-0.05, 0) is 55.7 Å². The van der Waals surface area contributed by atoms with Crippen molar-refractivity contribution in [1.82, 2.24) is 5.32 Å². The molecule has 1 atom stereocenters. The number of thioether (sulfide) groups is 1. The van der Waals surface area contributed by atoms with E-state index in [1.54, 1.807) is 36.4 Å². The zero-order chi connectivity index (χ0) is 22.5. The van der Waals surface area contributed by atoms with E-state index in [1.807, 2.05) is 25.1 Å². The second kappa shape index (κ2) is 9.83. The van der Waals surface area contributed by atoms with Crippen LogP contribution in [0.2, 0.25) is 0 Å². The standard InChI is InChI=1S/C26H23FN2O2S/c1-17(11-12-18-7-3-2-4-8-18)28-25(30)20-13-14-23-22(15-20)29-26(31)24(32-23)16-19-9-5-6-10-21(19)27/h2-10,13-17H,11-12H2,1H3,(H,28,30)(H,29,31). The number of carbonyl (C=O) groups is 2. The summed E-state index contributed by atoms with van der Waals surface area (Å²) in [5.41, 5.74) is 2.66. The summed E-state index contributed by atoms with van der Waals surface area (Å²) in [5, 5.41) is 5.84. The van der Waals surface area contributed by atoms with Crippen LogP contribution in [0.1, 0.15) is 34.8 Å². The highest BCUT2D eigenvalue weighted by Gasteiger charge is 2.23. The van der Waals surface area contributed by atoms with Crippen LogP contribution in [0.5, 0.6) is 0 Å². The highest BCUT2D eigenvalue weighted by Crippen LogP contribution is 2.39. The monoisotopic (exact) mass is 446 g/mol. The zero-order valence-corrected chi connectivity index (χ0v) is 18.4. The third kappa shape index (κ3) is 5.26. The van der Waals surface area contributed by atoms with Crippen LogP contribution in [0.15, 0.2) is 82.6 Å². The van der Waals surface area contributed by atoms with Gasteiger partial charge in [-0.3, -0.25) is 9.59 Å². The maximum atomic E-state index is 13.9. The van der Waals surface area contributed by atoms with Gasteiger partial charge < -0.3 is 10.6 Å². The summed E-state index contributed by atoms with van der Waals surface area (Å²) in [6.45, 7) is 1.98. The van der Waals surface area contributed by atoms with Crippen molar-refractivity contribution in [3.05, 3.63) is 100 Å². The predicted molar refractivity (Wildman–Crippen MR) is 127 cm³/mol. The predicted octanol–water partition coefficient (Wildman–Crippen LogP) is 5.66. The molecule has 1 unspecified atom stereocenters. The Hall–Kier alpha value is -3.38. The molecule has 4 rings (SSSR count). The first kappa shape index (κ1) is 21.8. The second-order valence-corrected chi connectivity index (χ2v) is 8.78. The van der Waals surface area contributed by atoms with E-state index in [1.165, 1.54) is 29.5 Å². The smallest absolute Gasteiger partial charge is 0.262 e. The molecule has 0 saturated carbocycles. The number of hydrogen-bond acceptors (Lipinski definition) is 3. The van der Waals surface area contributed by atoms with E-state index in [2.05, 4.69) is 22.8 Å². The van der Waals surface area contributed by atoms with Crippen LogP contribution in [0, 0.1) is 5.82 Å². The Kier molecular flexibility index (Phi) is 6.71. The van der Waals surface area contributed by atoms with Crippen molar-refractivity contribution in [3.63, 3.8) is 0 Å². The van der Waals surface area contributed by atoms with Crippen LogP contribution in [0.4, 0.5) is 10.1 Å². The Labute approximate surface area is 190 Å². The molecule has 3 aromatic carbocycles. The molecule has 0 radical (unpaired) electrons. The normalized spacial score (nSPS) is 15.1. The van der Waals surface area contributed by atoms with Crippen molar-refractivity contribution in [2.24, 2.45) is 0 Å². The van der Waals surface area contributed by atoms with Gasteiger partial charge in [0.25, 0.3) is 11.8 Å². The first-order chi connectivity index (χ1) is 15.5. The number of halogens is 1. The number of amides is 2. The van der Waals surface area contributed by atoms with Gasteiger partial charge in [0.15, 0.2) is 0 Å². The molecule has 2 N–H and O–H groups in total. The van der Waals surface area contributed by atoms with Crippen molar-refractivity contribution < 1.29 is 14.0 Å². The van der Waals surface area contributed by atoms with Crippen LogP contribution in [-0.2, 0) is 11.2 Å². The third-order valence-electron chi connectivity index (χ3n) is 5.21. The third-order valence-corrected chi connectivity index (χ3v) is 6.31. The fourth-order valence-electron chi connectivity index (χ4n) is 3.44. The quantitative estimate of drug-likeness (QED) is 0.480. The summed E-state index contributed by atoms with van der Waals surface area (Å²) in [7, 11) is 0. The number of benzene rings is 3. The van der Waals surface area contributed by atoms with Crippen molar-refractivity contribution in [3.8, 4) is 0 Å². The van der Waals surface area contributed by atoms with E-state index in [0.717, 1.165) is 17.7 Å². The van der Waals surface area contributed by atoms with Gasteiger partial charge in [0.2, 0.25) is 0 Å². The van der Waals surface area contributed by atoms with Gasteiger partial charge in [-0.25, -0.2) is 4.39 Å². The molecule has 0 aliphatic carbocycles. The summed E-state index contributed by atoms with van der Waals surface area (Å²) in [4.78, 5) is 26.4. The fraction of sp³-hybridized carbons (Fsp3) is 0.154. The van der Waals surface area contributed by atoms with E-state index in [4.69, 9.17) is 0 Å². The van der Waals surface area contributed by atoms with E-state index >= 15 is 0 Å².